The number of furan rings is 1. The summed E-state index contributed by atoms with van der Waals surface area (Å²) in [5, 5.41) is 0.372. The Hall–Kier alpha value is -2.03. The zero-order valence-electron chi connectivity index (χ0n) is 14.4. The lowest BCUT2D eigenvalue weighted by Gasteiger charge is -2.12. The van der Waals surface area contributed by atoms with Crippen molar-refractivity contribution in [1.82, 2.24) is 4.90 Å². The Balaban J connectivity index is 1.52. The number of carbonyl (C=O) groups excluding carboxylic acids is 2. The van der Waals surface area contributed by atoms with E-state index >= 15 is 0 Å². The number of hydrogen-bond acceptors (Lipinski definition) is 4. The highest BCUT2D eigenvalue weighted by Crippen LogP contribution is 2.34. The average molecular weight is 522 g/mol. The fourth-order valence-electron chi connectivity index (χ4n) is 2.74. The van der Waals surface area contributed by atoms with E-state index in [-0.39, 0.29) is 17.7 Å². The van der Waals surface area contributed by atoms with E-state index < -0.39 is 0 Å². The average Bonchev–Trinajstić information content (AvgIpc) is 3.24. The van der Waals surface area contributed by atoms with Gasteiger partial charge in [-0.15, -0.1) is 0 Å². The number of amides is 2. The molecular formula is C21H13ClINO3S. The van der Waals surface area contributed by atoms with E-state index in [9.17, 15) is 9.59 Å². The predicted molar refractivity (Wildman–Crippen MR) is 120 cm³/mol. The van der Waals surface area contributed by atoms with Crippen molar-refractivity contribution >= 4 is 63.2 Å². The number of carbonyl (C=O) groups is 2. The molecule has 2 heterocycles. The lowest BCUT2D eigenvalue weighted by molar-refractivity contribution is -0.123. The first-order valence-electron chi connectivity index (χ1n) is 8.35. The van der Waals surface area contributed by atoms with Gasteiger partial charge in [-0.3, -0.25) is 14.5 Å². The molecule has 3 aromatic rings. The van der Waals surface area contributed by atoms with Gasteiger partial charge in [0, 0.05) is 20.2 Å². The minimum absolute atomic E-state index is 0.257. The van der Waals surface area contributed by atoms with Crippen molar-refractivity contribution in [2.24, 2.45) is 0 Å². The van der Waals surface area contributed by atoms with Crippen molar-refractivity contribution in [3.05, 3.63) is 85.5 Å². The van der Waals surface area contributed by atoms with E-state index in [0.717, 1.165) is 26.5 Å². The van der Waals surface area contributed by atoms with Gasteiger partial charge in [-0.25, -0.2) is 0 Å². The van der Waals surface area contributed by atoms with Gasteiger partial charge in [0.2, 0.25) is 0 Å². The molecule has 1 aliphatic rings. The van der Waals surface area contributed by atoms with Crippen LogP contribution in [0, 0.1) is 3.57 Å². The second-order valence-corrected chi connectivity index (χ2v) is 8.78. The molecule has 140 valence electrons. The third-order valence-corrected chi connectivity index (χ3v) is 6.03. The zero-order chi connectivity index (χ0) is 19.7. The zero-order valence-corrected chi connectivity index (χ0v) is 18.1. The fourth-order valence-corrected chi connectivity index (χ4v) is 4.04. The van der Waals surface area contributed by atoms with Crippen molar-refractivity contribution in [3.8, 4) is 11.3 Å². The van der Waals surface area contributed by atoms with Crippen LogP contribution in [0.15, 0.2) is 70.0 Å². The molecule has 2 amide bonds. The summed E-state index contributed by atoms with van der Waals surface area (Å²) in [6.07, 6.45) is 1.61. The molecule has 1 saturated heterocycles. The number of nitrogens with zero attached hydrogens (tertiary/aromatic N) is 1. The molecule has 1 aliphatic heterocycles. The maximum absolute atomic E-state index is 12.7. The molecule has 1 fully saturated rings. The topological polar surface area (TPSA) is 50.5 Å². The third kappa shape index (κ3) is 4.19. The van der Waals surface area contributed by atoms with E-state index in [1.54, 1.807) is 24.3 Å². The summed E-state index contributed by atoms with van der Waals surface area (Å²) in [6, 6.07) is 18.6. The molecule has 4 nitrogen and oxygen atoms in total. The second-order valence-electron chi connectivity index (χ2n) is 6.10. The predicted octanol–water partition coefficient (Wildman–Crippen LogP) is 6.44. The molecule has 4 rings (SSSR count). The van der Waals surface area contributed by atoms with Gasteiger partial charge in [0.15, 0.2) is 0 Å². The van der Waals surface area contributed by atoms with Gasteiger partial charge >= 0.3 is 0 Å². The third-order valence-electron chi connectivity index (χ3n) is 4.16. The number of rotatable bonds is 4. The van der Waals surface area contributed by atoms with Crippen LogP contribution < -0.4 is 0 Å². The van der Waals surface area contributed by atoms with Crippen molar-refractivity contribution in [2.75, 3.05) is 0 Å². The number of hydrogen-bond donors (Lipinski definition) is 0. The summed E-state index contributed by atoms with van der Waals surface area (Å²) in [7, 11) is 0. The summed E-state index contributed by atoms with van der Waals surface area (Å²) >= 11 is 9.05. The summed E-state index contributed by atoms with van der Waals surface area (Å²) < 4.78 is 6.91. The van der Waals surface area contributed by atoms with Gasteiger partial charge in [0.25, 0.3) is 11.1 Å². The summed E-state index contributed by atoms with van der Waals surface area (Å²) in [5.41, 5.74) is 1.79. The first kappa shape index (κ1) is 19.3. The molecule has 2 aromatic carbocycles. The van der Waals surface area contributed by atoms with Gasteiger partial charge in [0.05, 0.1) is 11.4 Å². The number of imide groups is 1. The minimum Gasteiger partial charge on any atom is -0.457 e. The maximum atomic E-state index is 12.7. The van der Waals surface area contributed by atoms with Crippen LogP contribution in [0.2, 0.25) is 5.02 Å². The number of halogens is 2. The van der Waals surface area contributed by atoms with Crippen LogP contribution in [-0.2, 0) is 11.3 Å². The highest BCUT2D eigenvalue weighted by Gasteiger charge is 2.35. The van der Waals surface area contributed by atoms with E-state index in [1.807, 2.05) is 42.5 Å². The van der Waals surface area contributed by atoms with Gasteiger partial charge in [0.1, 0.15) is 11.5 Å². The Labute approximate surface area is 184 Å². The lowest BCUT2D eigenvalue weighted by atomic mass is 10.2. The van der Waals surface area contributed by atoms with Crippen molar-refractivity contribution in [3.63, 3.8) is 0 Å². The molecular weight excluding hydrogens is 509 g/mol. The largest absolute Gasteiger partial charge is 0.457 e. The standard InChI is InChI=1S/C21H13ClINO3S/c22-15-5-3-14(4-6-15)18-10-9-17(27-18)11-19-20(25)24(21(26)28-19)12-13-1-7-16(23)8-2-13/h1-11H,12H2/b19-11+. The maximum Gasteiger partial charge on any atom is 0.293 e. The van der Waals surface area contributed by atoms with Crippen LogP contribution in [0.3, 0.4) is 0 Å². The molecule has 0 N–H and O–H groups in total. The Bertz CT molecular complexity index is 1070. The number of thioether (sulfide) groups is 1. The Morgan fingerprint density at radius 3 is 2.43 bits per heavy atom. The van der Waals surface area contributed by atoms with Crippen LogP contribution in [0.4, 0.5) is 4.79 Å². The molecule has 0 aliphatic carbocycles. The smallest absolute Gasteiger partial charge is 0.293 e. The van der Waals surface area contributed by atoms with Gasteiger partial charge in [-0.1, -0.05) is 23.7 Å². The molecule has 0 unspecified atom stereocenters. The van der Waals surface area contributed by atoms with Gasteiger partial charge in [-0.2, -0.15) is 0 Å². The summed E-state index contributed by atoms with van der Waals surface area (Å²) in [5.74, 6) is 0.878. The van der Waals surface area contributed by atoms with Crippen LogP contribution in [0.25, 0.3) is 17.4 Å². The number of benzene rings is 2. The van der Waals surface area contributed by atoms with Gasteiger partial charge < -0.3 is 4.42 Å². The Kier molecular flexibility index (Phi) is 5.61. The molecule has 0 bridgehead atoms. The first-order valence-corrected chi connectivity index (χ1v) is 10.6. The summed E-state index contributed by atoms with van der Waals surface area (Å²) in [6.45, 7) is 0.257. The fraction of sp³-hybridized carbons (Fsp3) is 0.0476. The highest BCUT2D eigenvalue weighted by molar-refractivity contribution is 14.1. The molecule has 0 saturated carbocycles. The SMILES string of the molecule is O=C1S/C(=C/c2ccc(-c3ccc(Cl)cc3)o2)C(=O)N1Cc1ccc(I)cc1. The molecule has 0 atom stereocenters. The second kappa shape index (κ2) is 8.14. The summed E-state index contributed by atoms with van der Waals surface area (Å²) in [4.78, 5) is 26.6. The molecule has 7 heteroatoms. The van der Waals surface area contributed by atoms with E-state index in [4.69, 9.17) is 16.0 Å². The quantitative estimate of drug-likeness (QED) is 0.293. The monoisotopic (exact) mass is 521 g/mol. The Morgan fingerprint density at radius 2 is 1.71 bits per heavy atom. The molecule has 1 aromatic heterocycles. The van der Waals surface area contributed by atoms with Crippen LogP contribution in [-0.4, -0.2) is 16.0 Å². The van der Waals surface area contributed by atoms with Crippen molar-refractivity contribution < 1.29 is 14.0 Å². The van der Waals surface area contributed by atoms with E-state index in [2.05, 4.69) is 22.6 Å². The van der Waals surface area contributed by atoms with Crippen molar-refractivity contribution in [1.29, 1.82) is 0 Å². The first-order chi connectivity index (χ1) is 13.5. The van der Waals surface area contributed by atoms with Gasteiger partial charge in [-0.05, 0) is 88.4 Å². The van der Waals surface area contributed by atoms with Crippen molar-refractivity contribution in [2.45, 2.75) is 6.54 Å². The van der Waals surface area contributed by atoms with Crippen LogP contribution >= 0.6 is 46.0 Å². The van der Waals surface area contributed by atoms with Crippen LogP contribution in [0.5, 0.6) is 0 Å². The normalized spacial score (nSPS) is 15.6. The highest BCUT2D eigenvalue weighted by atomic mass is 127. The molecule has 0 spiro atoms. The minimum atomic E-state index is -0.307. The molecule has 0 radical (unpaired) electrons. The van der Waals surface area contributed by atoms with E-state index in [0.29, 0.717) is 21.4 Å². The van der Waals surface area contributed by atoms with E-state index in [1.165, 1.54) is 4.90 Å². The molecule has 28 heavy (non-hydrogen) atoms. The lowest BCUT2D eigenvalue weighted by Crippen LogP contribution is -2.27. The van der Waals surface area contributed by atoms with Crippen LogP contribution in [0.1, 0.15) is 11.3 Å². The Morgan fingerprint density at radius 1 is 1.00 bits per heavy atom.